The van der Waals surface area contributed by atoms with Crippen molar-refractivity contribution >= 4 is 44.1 Å². The van der Waals surface area contributed by atoms with Gasteiger partial charge in [-0.1, -0.05) is 17.4 Å². The molecule has 37 heavy (non-hydrogen) atoms. The first kappa shape index (κ1) is 23.2. The highest BCUT2D eigenvalue weighted by molar-refractivity contribution is 7.22. The first-order valence-electron chi connectivity index (χ1n) is 12.0. The van der Waals surface area contributed by atoms with Crippen molar-refractivity contribution in [2.45, 2.75) is 32.4 Å². The molecule has 4 aromatic rings. The van der Waals surface area contributed by atoms with Crippen LogP contribution in [0.4, 0.5) is 5.13 Å². The third-order valence-electron chi connectivity index (χ3n) is 6.48. The van der Waals surface area contributed by atoms with E-state index in [4.69, 9.17) is 9.47 Å². The van der Waals surface area contributed by atoms with Crippen LogP contribution in [-0.2, 0) is 16.0 Å². The lowest BCUT2D eigenvalue weighted by Gasteiger charge is -2.22. The molecule has 0 spiro atoms. The van der Waals surface area contributed by atoms with Gasteiger partial charge in [-0.05, 0) is 67.4 Å². The van der Waals surface area contributed by atoms with Gasteiger partial charge in [-0.2, -0.15) is 0 Å². The maximum absolute atomic E-state index is 13.4. The van der Waals surface area contributed by atoms with Crippen molar-refractivity contribution in [2.24, 2.45) is 0 Å². The lowest BCUT2D eigenvalue weighted by atomic mass is 9.95. The Morgan fingerprint density at radius 3 is 2.86 bits per heavy atom. The van der Waals surface area contributed by atoms with Crippen LogP contribution >= 0.6 is 11.3 Å². The zero-order valence-electron chi connectivity index (χ0n) is 20.2. The maximum atomic E-state index is 13.4. The van der Waals surface area contributed by atoms with Crippen LogP contribution in [0.5, 0.6) is 11.5 Å². The minimum atomic E-state index is -0.885. The van der Waals surface area contributed by atoms with Gasteiger partial charge in [-0.3, -0.25) is 19.5 Å². The first-order chi connectivity index (χ1) is 17.9. The summed E-state index contributed by atoms with van der Waals surface area (Å²) < 4.78 is 12.2. The zero-order chi connectivity index (χ0) is 25.7. The summed E-state index contributed by atoms with van der Waals surface area (Å²) >= 11 is 1.29. The summed E-state index contributed by atoms with van der Waals surface area (Å²) in [7, 11) is 0. The number of amides is 1. The normalized spacial score (nSPS) is 20.3. The van der Waals surface area contributed by atoms with E-state index in [9.17, 15) is 14.7 Å². The van der Waals surface area contributed by atoms with Crippen molar-refractivity contribution in [3.8, 4) is 11.5 Å². The number of ether oxygens (including phenoxy) is 2. The number of rotatable bonds is 5. The van der Waals surface area contributed by atoms with Crippen molar-refractivity contribution in [3.05, 3.63) is 83.2 Å². The monoisotopic (exact) mass is 513 g/mol. The van der Waals surface area contributed by atoms with E-state index >= 15 is 0 Å². The molecule has 2 atom stereocenters. The summed E-state index contributed by atoms with van der Waals surface area (Å²) in [5, 5.41) is 11.8. The number of hydrogen-bond donors (Lipinski definition) is 1. The Bertz CT molecular complexity index is 1580. The van der Waals surface area contributed by atoms with E-state index in [-0.39, 0.29) is 17.4 Å². The summed E-state index contributed by atoms with van der Waals surface area (Å²) in [6, 6.07) is 13.4. The number of aliphatic hydroxyl groups excluding tert-OH is 1. The minimum Gasteiger partial charge on any atom is -0.507 e. The number of benzene rings is 2. The fraction of sp³-hybridized carbons (Fsp3) is 0.214. The number of carbonyl (C=O) groups is 2. The van der Waals surface area contributed by atoms with Crippen molar-refractivity contribution in [3.63, 3.8) is 0 Å². The van der Waals surface area contributed by atoms with Crippen molar-refractivity contribution < 1.29 is 24.2 Å². The average Bonchev–Trinajstić information content (AvgIpc) is 3.56. The van der Waals surface area contributed by atoms with Crippen LogP contribution in [0.25, 0.3) is 16.0 Å². The second-order valence-electron chi connectivity index (χ2n) is 8.97. The topological polar surface area (TPSA) is 102 Å². The smallest absolute Gasteiger partial charge is 0.301 e. The van der Waals surface area contributed by atoms with Gasteiger partial charge in [0.1, 0.15) is 23.4 Å². The van der Waals surface area contributed by atoms with Crippen LogP contribution in [0.15, 0.2) is 66.5 Å². The number of nitrogens with zero attached hydrogens (tertiary/aromatic N) is 3. The van der Waals surface area contributed by atoms with E-state index < -0.39 is 17.7 Å². The molecule has 1 amide bonds. The molecule has 1 fully saturated rings. The highest BCUT2D eigenvalue weighted by atomic mass is 32.1. The highest BCUT2D eigenvalue weighted by Crippen LogP contribution is 2.45. The summed E-state index contributed by atoms with van der Waals surface area (Å²) in [5.41, 5.74) is 2.67. The van der Waals surface area contributed by atoms with Gasteiger partial charge in [0.15, 0.2) is 5.13 Å². The molecule has 1 saturated heterocycles. The van der Waals surface area contributed by atoms with Crippen LogP contribution in [0.3, 0.4) is 0 Å². The molecule has 186 valence electrons. The lowest BCUT2D eigenvalue weighted by Crippen LogP contribution is -2.29. The molecule has 0 bridgehead atoms. The molecule has 0 radical (unpaired) electrons. The quantitative estimate of drug-likeness (QED) is 0.227. The Morgan fingerprint density at radius 1 is 1.22 bits per heavy atom. The molecule has 2 aliphatic rings. The predicted octanol–water partition coefficient (Wildman–Crippen LogP) is 5.04. The fourth-order valence-electron chi connectivity index (χ4n) is 4.86. The molecule has 2 aromatic carbocycles. The number of fused-ring (bicyclic) bond motifs is 2. The van der Waals surface area contributed by atoms with Gasteiger partial charge in [0, 0.05) is 24.4 Å². The third kappa shape index (κ3) is 3.92. The Hall–Kier alpha value is -4.24. The van der Waals surface area contributed by atoms with Gasteiger partial charge in [0.2, 0.25) is 0 Å². The Kier molecular flexibility index (Phi) is 5.64. The van der Waals surface area contributed by atoms with E-state index in [1.807, 2.05) is 38.1 Å². The van der Waals surface area contributed by atoms with E-state index in [1.54, 1.807) is 36.7 Å². The van der Waals surface area contributed by atoms with Crippen molar-refractivity contribution in [1.29, 1.82) is 0 Å². The molecule has 0 aliphatic carbocycles. The highest BCUT2D eigenvalue weighted by Gasteiger charge is 2.48. The van der Waals surface area contributed by atoms with Crippen LogP contribution in [0, 0.1) is 0 Å². The van der Waals surface area contributed by atoms with Crippen molar-refractivity contribution in [1.82, 2.24) is 9.97 Å². The number of anilines is 1. The number of aliphatic hydroxyl groups is 1. The second kappa shape index (κ2) is 9.01. The molecule has 1 N–H and O–H groups in total. The second-order valence-corrected chi connectivity index (χ2v) is 9.98. The van der Waals surface area contributed by atoms with Gasteiger partial charge in [-0.25, -0.2) is 4.98 Å². The summed E-state index contributed by atoms with van der Waals surface area (Å²) in [6.45, 7) is 4.41. The molecule has 0 saturated carbocycles. The Labute approximate surface area is 216 Å². The molecule has 9 heteroatoms. The van der Waals surface area contributed by atoms with Gasteiger partial charge in [-0.15, -0.1) is 0 Å². The summed E-state index contributed by atoms with van der Waals surface area (Å²) in [5.74, 6) is -0.305. The SMILES string of the molecule is CCOc1ccc2nc(N3C(=O)C(=O)/C(=C(/O)c4ccc5c(c4)C[C@@H](C)O5)[C@H]3c3cccnc3)sc2c1. The zero-order valence-corrected chi connectivity index (χ0v) is 21.0. The number of Topliss-reactive ketones (excluding diaryl/α,β-unsaturated/α-hetero) is 1. The molecule has 0 unspecified atom stereocenters. The standard InChI is InChI=1S/C28H23N3O5S/c1-3-35-19-7-8-20-22(13-19)37-28(30-20)31-24(17-5-4-10-29-14-17)23(26(33)27(31)34)25(32)16-6-9-21-18(12-16)11-15(2)36-21/h4-10,12-15,24,32H,3,11H2,1-2H3/b25-23+/t15-,24-/m1/s1. The van der Waals surface area contributed by atoms with E-state index in [1.165, 1.54) is 16.2 Å². The fourth-order valence-corrected chi connectivity index (χ4v) is 5.88. The summed E-state index contributed by atoms with van der Waals surface area (Å²) in [6.07, 6.45) is 3.95. The third-order valence-corrected chi connectivity index (χ3v) is 7.50. The number of thiazole rings is 1. The van der Waals surface area contributed by atoms with Gasteiger partial charge in [0.05, 0.1) is 28.4 Å². The van der Waals surface area contributed by atoms with E-state index in [2.05, 4.69) is 9.97 Å². The van der Waals surface area contributed by atoms with Gasteiger partial charge in [0.25, 0.3) is 5.78 Å². The molecule has 6 rings (SSSR count). The van der Waals surface area contributed by atoms with E-state index in [0.29, 0.717) is 40.6 Å². The molecule has 8 nitrogen and oxygen atoms in total. The molecule has 2 aliphatic heterocycles. The Morgan fingerprint density at radius 2 is 2.08 bits per heavy atom. The van der Waals surface area contributed by atoms with Crippen LogP contribution < -0.4 is 14.4 Å². The van der Waals surface area contributed by atoms with Crippen LogP contribution in [0.1, 0.15) is 36.6 Å². The van der Waals surface area contributed by atoms with Gasteiger partial charge < -0.3 is 14.6 Å². The molecular formula is C28H23N3O5S. The number of aromatic nitrogens is 2. The largest absolute Gasteiger partial charge is 0.507 e. The van der Waals surface area contributed by atoms with Gasteiger partial charge >= 0.3 is 5.91 Å². The van der Waals surface area contributed by atoms with Crippen LogP contribution in [-0.4, -0.2) is 39.5 Å². The first-order valence-corrected chi connectivity index (χ1v) is 12.8. The molecule has 4 heterocycles. The number of hydrogen-bond acceptors (Lipinski definition) is 8. The predicted molar refractivity (Wildman–Crippen MR) is 140 cm³/mol. The summed E-state index contributed by atoms with van der Waals surface area (Å²) in [4.78, 5) is 37.1. The number of ketones is 1. The average molecular weight is 514 g/mol. The molecular weight excluding hydrogens is 490 g/mol. The molecule has 2 aromatic heterocycles. The number of carbonyl (C=O) groups excluding carboxylic acids is 2. The maximum Gasteiger partial charge on any atom is 0.301 e. The lowest BCUT2D eigenvalue weighted by molar-refractivity contribution is -0.132. The van der Waals surface area contributed by atoms with Crippen molar-refractivity contribution in [2.75, 3.05) is 11.5 Å². The minimum absolute atomic E-state index is 0.000764. The van der Waals surface area contributed by atoms with Crippen LogP contribution in [0.2, 0.25) is 0 Å². The Balaban J connectivity index is 1.50. The number of pyridine rings is 1. The van der Waals surface area contributed by atoms with E-state index in [0.717, 1.165) is 16.0 Å².